The van der Waals surface area contributed by atoms with Crippen LogP contribution in [0.15, 0.2) is 12.1 Å². The molecule has 0 saturated heterocycles. The van der Waals surface area contributed by atoms with Crippen molar-refractivity contribution in [2.75, 3.05) is 5.32 Å². The molecule has 1 nitrogen and oxygen atoms in total. The van der Waals surface area contributed by atoms with Crippen LogP contribution in [-0.4, -0.2) is 6.04 Å². The topological polar surface area (TPSA) is 12.0 Å². The standard InChI is InChI=1S/C16H22F3N/c1-10(2)11-4-3-5-13(7-6-11)20-15-9-12(17)8-14(18)16(15)19/h8-11,13,20H,3-7H2,1-2H3. The maximum Gasteiger partial charge on any atom is 0.182 e. The quantitative estimate of drug-likeness (QED) is 0.600. The van der Waals surface area contributed by atoms with Crippen LogP contribution in [-0.2, 0) is 0 Å². The molecule has 1 N–H and O–H groups in total. The zero-order valence-electron chi connectivity index (χ0n) is 12.1. The highest BCUT2D eigenvalue weighted by atomic mass is 19.2. The Morgan fingerprint density at radius 3 is 2.50 bits per heavy atom. The monoisotopic (exact) mass is 285 g/mol. The highest BCUT2D eigenvalue weighted by Gasteiger charge is 2.22. The lowest BCUT2D eigenvalue weighted by Crippen LogP contribution is -2.20. The molecule has 0 bridgehead atoms. The number of halogens is 3. The second-order valence-corrected chi connectivity index (χ2v) is 6.10. The first-order valence-electron chi connectivity index (χ1n) is 7.38. The van der Waals surface area contributed by atoms with Crippen molar-refractivity contribution in [3.63, 3.8) is 0 Å². The van der Waals surface area contributed by atoms with Gasteiger partial charge in [0, 0.05) is 18.2 Å². The van der Waals surface area contributed by atoms with E-state index in [1.807, 2.05) is 0 Å². The lowest BCUT2D eigenvalue weighted by molar-refractivity contribution is 0.341. The molecule has 2 atom stereocenters. The van der Waals surface area contributed by atoms with Crippen LogP contribution in [0.2, 0.25) is 0 Å². The predicted molar refractivity (Wildman–Crippen MR) is 75.1 cm³/mol. The van der Waals surface area contributed by atoms with Crippen LogP contribution in [0.3, 0.4) is 0 Å². The van der Waals surface area contributed by atoms with E-state index in [4.69, 9.17) is 0 Å². The molecule has 1 aromatic rings. The van der Waals surface area contributed by atoms with Crippen LogP contribution in [0.5, 0.6) is 0 Å². The van der Waals surface area contributed by atoms with Gasteiger partial charge in [0.2, 0.25) is 0 Å². The van der Waals surface area contributed by atoms with Gasteiger partial charge >= 0.3 is 0 Å². The summed E-state index contributed by atoms with van der Waals surface area (Å²) >= 11 is 0. The second kappa shape index (κ2) is 6.51. The third kappa shape index (κ3) is 3.68. The second-order valence-electron chi connectivity index (χ2n) is 6.10. The fourth-order valence-corrected chi connectivity index (χ4v) is 3.02. The SMILES string of the molecule is CC(C)C1CCCC(Nc2cc(F)cc(F)c2F)CC1. The van der Waals surface area contributed by atoms with Gasteiger partial charge in [-0.3, -0.25) is 0 Å². The molecule has 20 heavy (non-hydrogen) atoms. The van der Waals surface area contributed by atoms with Crippen LogP contribution in [0.25, 0.3) is 0 Å². The first-order valence-corrected chi connectivity index (χ1v) is 7.38. The summed E-state index contributed by atoms with van der Waals surface area (Å²) in [7, 11) is 0. The molecule has 2 unspecified atom stereocenters. The number of hydrogen-bond donors (Lipinski definition) is 1. The van der Waals surface area contributed by atoms with Gasteiger partial charge in [0.25, 0.3) is 0 Å². The Kier molecular flexibility index (Phi) is 4.95. The van der Waals surface area contributed by atoms with Gasteiger partial charge in [0.05, 0.1) is 5.69 Å². The van der Waals surface area contributed by atoms with E-state index in [-0.39, 0.29) is 11.7 Å². The van der Waals surface area contributed by atoms with E-state index < -0.39 is 17.5 Å². The minimum absolute atomic E-state index is 0.0597. The van der Waals surface area contributed by atoms with Gasteiger partial charge < -0.3 is 5.32 Å². The molecular weight excluding hydrogens is 263 g/mol. The summed E-state index contributed by atoms with van der Waals surface area (Å²) in [5, 5.41) is 2.98. The molecule has 4 heteroatoms. The minimum Gasteiger partial charge on any atom is -0.380 e. The van der Waals surface area contributed by atoms with E-state index in [2.05, 4.69) is 19.2 Å². The number of hydrogen-bond acceptors (Lipinski definition) is 1. The van der Waals surface area contributed by atoms with Crippen molar-refractivity contribution in [1.82, 2.24) is 0 Å². The summed E-state index contributed by atoms with van der Waals surface area (Å²) in [6.07, 6.45) is 5.16. The highest BCUT2D eigenvalue weighted by molar-refractivity contribution is 5.46. The predicted octanol–water partition coefficient (Wildman–Crippen LogP) is 5.12. The third-order valence-electron chi connectivity index (χ3n) is 4.31. The van der Waals surface area contributed by atoms with Crippen LogP contribution in [0.1, 0.15) is 46.0 Å². The third-order valence-corrected chi connectivity index (χ3v) is 4.31. The Morgan fingerprint density at radius 1 is 1.05 bits per heavy atom. The van der Waals surface area contributed by atoms with Gasteiger partial charge in [0.15, 0.2) is 11.6 Å². The first-order chi connectivity index (χ1) is 9.47. The van der Waals surface area contributed by atoms with E-state index in [0.717, 1.165) is 31.7 Å². The van der Waals surface area contributed by atoms with E-state index in [9.17, 15) is 13.2 Å². The lowest BCUT2D eigenvalue weighted by Gasteiger charge is -2.20. The number of nitrogens with one attached hydrogen (secondary N) is 1. The molecule has 1 fully saturated rings. The summed E-state index contributed by atoms with van der Waals surface area (Å²) in [5.74, 6) is -1.54. The van der Waals surface area contributed by atoms with Gasteiger partial charge in [-0.25, -0.2) is 13.2 Å². The molecule has 2 rings (SSSR count). The average molecular weight is 285 g/mol. The molecule has 1 aromatic carbocycles. The van der Waals surface area contributed by atoms with Crippen LogP contribution in [0, 0.1) is 29.3 Å². The average Bonchev–Trinajstić information content (AvgIpc) is 2.61. The summed E-state index contributed by atoms with van der Waals surface area (Å²) in [6.45, 7) is 4.44. The Labute approximate surface area is 118 Å². The zero-order valence-corrected chi connectivity index (χ0v) is 12.1. The van der Waals surface area contributed by atoms with Crippen LogP contribution >= 0.6 is 0 Å². The zero-order chi connectivity index (χ0) is 14.7. The summed E-state index contributed by atoms with van der Waals surface area (Å²) in [6, 6.07) is 1.69. The summed E-state index contributed by atoms with van der Waals surface area (Å²) < 4.78 is 40.0. The van der Waals surface area contributed by atoms with Crippen LogP contribution in [0.4, 0.5) is 18.9 Å². The molecule has 0 amide bonds. The molecule has 0 aromatic heterocycles. The van der Waals surface area contributed by atoms with Crippen molar-refractivity contribution in [1.29, 1.82) is 0 Å². The molecule has 0 spiro atoms. The number of benzene rings is 1. The highest BCUT2D eigenvalue weighted by Crippen LogP contribution is 2.31. The Morgan fingerprint density at radius 2 is 1.80 bits per heavy atom. The fourth-order valence-electron chi connectivity index (χ4n) is 3.02. The molecule has 1 aliphatic rings. The number of rotatable bonds is 3. The van der Waals surface area contributed by atoms with E-state index in [1.54, 1.807) is 0 Å². The molecule has 0 heterocycles. The fraction of sp³-hybridized carbons (Fsp3) is 0.625. The molecular formula is C16H22F3N. The van der Waals surface area contributed by atoms with Gasteiger partial charge in [-0.1, -0.05) is 26.7 Å². The molecule has 1 aliphatic carbocycles. The summed E-state index contributed by atoms with van der Waals surface area (Å²) in [5.41, 5.74) is -0.0597. The van der Waals surface area contributed by atoms with Crippen molar-refractivity contribution in [2.24, 2.45) is 11.8 Å². The van der Waals surface area contributed by atoms with E-state index in [0.29, 0.717) is 17.9 Å². The Hall–Kier alpha value is -1.19. The number of anilines is 1. The first kappa shape index (κ1) is 15.2. The smallest absolute Gasteiger partial charge is 0.182 e. The normalized spacial score (nSPS) is 23.7. The van der Waals surface area contributed by atoms with Crippen molar-refractivity contribution in [3.8, 4) is 0 Å². The van der Waals surface area contributed by atoms with Crippen molar-refractivity contribution >= 4 is 5.69 Å². The van der Waals surface area contributed by atoms with E-state index in [1.165, 1.54) is 6.42 Å². The largest absolute Gasteiger partial charge is 0.380 e. The van der Waals surface area contributed by atoms with Crippen LogP contribution < -0.4 is 5.32 Å². The Balaban J connectivity index is 2.03. The lowest BCUT2D eigenvalue weighted by atomic mass is 9.89. The summed E-state index contributed by atoms with van der Waals surface area (Å²) in [4.78, 5) is 0. The van der Waals surface area contributed by atoms with Crippen molar-refractivity contribution in [2.45, 2.75) is 52.0 Å². The van der Waals surface area contributed by atoms with Gasteiger partial charge in [0.1, 0.15) is 5.82 Å². The maximum absolute atomic E-state index is 13.6. The molecule has 0 radical (unpaired) electrons. The maximum atomic E-state index is 13.6. The molecule has 112 valence electrons. The van der Waals surface area contributed by atoms with Gasteiger partial charge in [-0.2, -0.15) is 0 Å². The Bertz CT molecular complexity index is 459. The van der Waals surface area contributed by atoms with Gasteiger partial charge in [-0.05, 0) is 31.1 Å². The molecule has 0 aliphatic heterocycles. The van der Waals surface area contributed by atoms with Gasteiger partial charge in [-0.15, -0.1) is 0 Å². The van der Waals surface area contributed by atoms with Crippen molar-refractivity contribution < 1.29 is 13.2 Å². The minimum atomic E-state index is -1.14. The molecule has 1 saturated carbocycles. The van der Waals surface area contributed by atoms with E-state index >= 15 is 0 Å². The van der Waals surface area contributed by atoms with Crippen molar-refractivity contribution in [3.05, 3.63) is 29.6 Å².